The molecule has 6 nitrogen and oxygen atoms in total. The van der Waals surface area contributed by atoms with Crippen molar-refractivity contribution in [2.75, 3.05) is 23.9 Å². The first-order chi connectivity index (χ1) is 10.9. The molecule has 0 spiro atoms. The van der Waals surface area contributed by atoms with Gasteiger partial charge in [-0.1, -0.05) is 6.07 Å². The number of nitrogens with two attached hydrogens (primary N) is 1. The van der Waals surface area contributed by atoms with Gasteiger partial charge in [0.05, 0.1) is 4.90 Å². The van der Waals surface area contributed by atoms with E-state index in [1.807, 2.05) is 13.0 Å². The molecule has 3 N–H and O–H groups in total. The highest BCUT2D eigenvalue weighted by molar-refractivity contribution is 7.90. The van der Waals surface area contributed by atoms with Crippen molar-refractivity contribution >= 4 is 21.6 Å². The van der Waals surface area contributed by atoms with Crippen LogP contribution in [0, 0.1) is 0 Å². The zero-order valence-corrected chi connectivity index (χ0v) is 14.0. The number of hydrogen-bond acceptors (Lipinski definition) is 6. The first-order valence-electron chi connectivity index (χ1n) is 7.61. The molecule has 0 atom stereocenters. The summed E-state index contributed by atoms with van der Waals surface area (Å²) in [5.74, 6) is 1.29. The summed E-state index contributed by atoms with van der Waals surface area (Å²) in [6.45, 7) is 2.69. The normalized spacial score (nSPS) is 14.7. The second-order valence-electron chi connectivity index (χ2n) is 5.82. The number of benzene rings is 1. The van der Waals surface area contributed by atoms with Gasteiger partial charge in [0, 0.05) is 24.6 Å². The average molecular weight is 332 g/mol. The zero-order valence-electron chi connectivity index (χ0n) is 13.2. The first-order valence-corrected chi connectivity index (χ1v) is 9.50. The molecule has 1 aliphatic rings. The van der Waals surface area contributed by atoms with Gasteiger partial charge in [-0.25, -0.2) is 13.4 Å². The van der Waals surface area contributed by atoms with Crippen molar-refractivity contribution < 1.29 is 8.42 Å². The number of rotatable bonds is 5. The number of nitrogens with one attached hydrogen (secondary N) is 1. The Balaban J connectivity index is 2.17. The van der Waals surface area contributed by atoms with E-state index in [-0.39, 0.29) is 5.95 Å². The van der Waals surface area contributed by atoms with Crippen molar-refractivity contribution in [1.29, 1.82) is 0 Å². The molecule has 23 heavy (non-hydrogen) atoms. The number of aromatic nitrogens is 2. The van der Waals surface area contributed by atoms with E-state index in [1.54, 1.807) is 18.3 Å². The predicted octanol–water partition coefficient (Wildman–Crippen LogP) is 2.44. The Labute approximate surface area is 136 Å². The fourth-order valence-electron chi connectivity index (χ4n) is 2.64. The van der Waals surface area contributed by atoms with Crippen molar-refractivity contribution in [2.45, 2.75) is 30.6 Å². The predicted molar refractivity (Wildman–Crippen MR) is 91.1 cm³/mol. The standard InChI is InChI=1S/C16H20N4O2S/c1-3-18-15-14(9-19-16(17)20-15)12-7-6-11(23(2,21)22)8-13(12)10-4-5-10/h6-10H,3-5H2,1-2H3,(H3,17,18,19,20). The van der Waals surface area contributed by atoms with Crippen molar-refractivity contribution in [3.63, 3.8) is 0 Å². The van der Waals surface area contributed by atoms with Gasteiger partial charge < -0.3 is 11.1 Å². The summed E-state index contributed by atoms with van der Waals surface area (Å²) in [4.78, 5) is 8.72. The summed E-state index contributed by atoms with van der Waals surface area (Å²) >= 11 is 0. The minimum atomic E-state index is -3.22. The maximum atomic E-state index is 11.8. The van der Waals surface area contributed by atoms with Gasteiger partial charge in [0.15, 0.2) is 9.84 Å². The molecule has 1 saturated carbocycles. The summed E-state index contributed by atoms with van der Waals surface area (Å²) in [6.07, 6.45) is 5.08. The second kappa shape index (κ2) is 5.81. The lowest BCUT2D eigenvalue weighted by Gasteiger charge is -2.14. The van der Waals surface area contributed by atoms with Crippen molar-refractivity contribution in [2.24, 2.45) is 0 Å². The maximum absolute atomic E-state index is 11.8. The van der Waals surface area contributed by atoms with Crippen LogP contribution in [-0.2, 0) is 9.84 Å². The molecule has 1 aromatic heterocycles. The van der Waals surface area contributed by atoms with Crippen LogP contribution in [0.1, 0.15) is 31.2 Å². The Morgan fingerprint density at radius 1 is 1.30 bits per heavy atom. The average Bonchev–Trinajstić information content (AvgIpc) is 3.31. The van der Waals surface area contributed by atoms with Crippen LogP contribution >= 0.6 is 0 Å². The molecule has 1 heterocycles. The van der Waals surface area contributed by atoms with Crippen LogP contribution in [-0.4, -0.2) is 31.2 Å². The third kappa shape index (κ3) is 3.29. The molecule has 3 rings (SSSR count). The Bertz CT molecular complexity index is 845. The van der Waals surface area contributed by atoms with Gasteiger partial charge in [-0.3, -0.25) is 0 Å². The van der Waals surface area contributed by atoms with Gasteiger partial charge in [-0.2, -0.15) is 4.98 Å². The molecule has 122 valence electrons. The molecule has 2 aromatic rings. The van der Waals surface area contributed by atoms with Crippen LogP contribution in [0.4, 0.5) is 11.8 Å². The Hall–Kier alpha value is -2.15. The summed E-state index contributed by atoms with van der Waals surface area (Å²) in [5.41, 5.74) is 8.55. The van der Waals surface area contributed by atoms with E-state index in [0.717, 1.165) is 29.5 Å². The highest BCUT2D eigenvalue weighted by Crippen LogP contribution is 2.46. The summed E-state index contributed by atoms with van der Waals surface area (Å²) in [7, 11) is -3.22. The van der Waals surface area contributed by atoms with E-state index in [2.05, 4.69) is 15.3 Å². The van der Waals surface area contributed by atoms with Crippen LogP contribution in [0.2, 0.25) is 0 Å². The van der Waals surface area contributed by atoms with E-state index < -0.39 is 9.84 Å². The van der Waals surface area contributed by atoms with Crippen LogP contribution in [0.15, 0.2) is 29.3 Å². The van der Waals surface area contributed by atoms with E-state index in [4.69, 9.17) is 5.73 Å². The third-order valence-corrected chi connectivity index (χ3v) is 5.02. The lowest BCUT2D eigenvalue weighted by molar-refractivity contribution is 0.602. The van der Waals surface area contributed by atoms with Crippen molar-refractivity contribution in [3.05, 3.63) is 30.0 Å². The van der Waals surface area contributed by atoms with Gasteiger partial charge in [-0.05, 0) is 48.9 Å². The monoisotopic (exact) mass is 332 g/mol. The Morgan fingerprint density at radius 2 is 2.04 bits per heavy atom. The highest BCUT2D eigenvalue weighted by atomic mass is 32.2. The summed E-state index contributed by atoms with van der Waals surface area (Å²) < 4.78 is 23.7. The molecule has 1 aliphatic carbocycles. The minimum Gasteiger partial charge on any atom is -0.370 e. The zero-order chi connectivity index (χ0) is 16.6. The highest BCUT2D eigenvalue weighted by Gasteiger charge is 2.28. The van der Waals surface area contributed by atoms with Gasteiger partial charge in [0.2, 0.25) is 5.95 Å². The molecule has 0 amide bonds. The Morgan fingerprint density at radius 3 is 2.65 bits per heavy atom. The molecular formula is C16H20N4O2S. The maximum Gasteiger partial charge on any atom is 0.221 e. The van der Waals surface area contributed by atoms with Gasteiger partial charge in [0.1, 0.15) is 5.82 Å². The smallest absolute Gasteiger partial charge is 0.221 e. The van der Waals surface area contributed by atoms with Crippen LogP contribution in [0.5, 0.6) is 0 Å². The Kier molecular flexibility index (Phi) is 3.97. The van der Waals surface area contributed by atoms with Gasteiger partial charge in [-0.15, -0.1) is 0 Å². The molecule has 7 heteroatoms. The molecule has 1 aromatic carbocycles. The van der Waals surface area contributed by atoms with Crippen molar-refractivity contribution in [3.8, 4) is 11.1 Å². The molecule has 0 saturated heterocycles. The van der Waals surface area contributed by atoms with Crippen LogP contribution in [0.25, 0.3) is 11.1 Å². The van der Waals surface area contributed by atoms with E-state index in [9.17, 15) is 8.42 Å². The topological polar surface area (TPSA) is 98.0 Å². The fourth-order valence-corrected chi connectivity index (χ4v) is 3.30. The molecule has 1 fully saturated rings. The quantitative estimate of drug-likeness (QED) is 0.872. The van der Waals surface area contributed by atoms with Crippen molar-refractivity contribution in [1.82, 2.24) is 9.97 Å². The molecular weight excluding hydrogens is 312 g/mol. The number of hydrogen-bond donors (Lipinski definition) is 2. The molecule has 0 bridgehead atoms. The number of anilines is 2. The van der Waals surface area contributed by atoms with Crippen LogP contribution in [0.3, 0.4) is 0 Å². The lowest BCUT2D eigenvalue weighted by Crippen LogP contribution is -2.06. The lowest BCUT2D eigenvalue weighted by atomic mass is 9.98. The van der Waals surface area contributed by atoms with Crippen LogP contribution < -0.4 is 11.1 Å². The number of nitrogen functional groups attached to an aromatic ring is 1. The minimum absolute atomic E-state index is 0.213. The SMILES string of the molecule is CCNc1nc(N)ncc1-c1ccc(S(C)(=O)=O)cc1C1CC1. The summed E-state index contributed by atoms with van der Waals surface area (Å²) in [5, 5.41) is 3.20. The molecule has 0 unspecified atom stereocenters. The van der Waals surface area contributed by atoms with E-state index in [1.165, 1.54) is 6.26 Å². The first kappa shape index (κ1) is 15.7. The molecule has 0 radical (unpaired) electrons. The van der Waals surface area contributed by atoms with Gasteiger partial charge in [0.25, 0.3) is 0 Å². The molecule has 0 aliphatic heterocycles. The largest absolute Gasteiger partial charge is 0.370 e. The fraction of sp³-hybridized carbons (Fsp3) is 0.375. The van der Waals surface area contributed by atoms with Gasteiger partial charge >= 0.3 is 0 Å². The number of sulfone groups is 1. The summed E-state index contributed by atoms with van der Waals surface area (Å²) in [6, 6.07) is 5.27. The second-order valence-corrected chi connectivity index (χ2v) is 7.83. The number of nitrogens with zero attached hydrogens (tertiary/aromatic N) is 2. The van der Waals surface area contributed by atoms with E-state index >= 15 is 0 Å². The van der Waals surface area contributed by atoms with E-state index in [0.29, 0.717) is 23.2 Å². The third-order valence-electron chi connectivity index (χ3n) is 3.91.